The van der Waals surface area contributed by atoms with Crippen LogP contribution in [0.25, 0.3) is 0 Å². The van der Waals surface area contributed by atoms with Gasteiger partial charge in [0.25, 0.3) is 10.0 Å². The largest absolute Gasteiger partial charge is 0.280 e. The van der Waals surface area contributed by atoms with E-state index in [2.05, 4.69) is 4.72 Å². The minimum Gasteiger partial charge on any atom is -0.280 e. The number of nitrogens with one attached hydrogen (secondary N) is 1. The molecule has 0 saturated carbocycles. The van der Waals surface area contributed by atoms with Crippen molar-refractivity contribution in [3.63, 3.8) is 0 Å². The average Bonchev–Trinajstić information content (AvgIpc) is 2.36. The summed E-state index contributed by atoms with van der Waals surface area (Å²) in [5.74, 6) is 0. The standard InChI is InChI=1S/C14H16N2O4S2/c1-10-6-11(2)8-12(7-10)16-22(19,20)14-5-3-4-13(9-14)21(15,17)18/h3-9,16H,1-2H3,(H2,15,17,18). The fourth-order valence-electron chi connectivity index (χ4n) is 2.07. The molecule has 2 aromatic carbocycles. The van der Waals surface area contributed by atoms with E-state index in [4.69, 9.17) is 5.14 Å². The van der Waals surface area contributed by atoms with Crippen molar-refractivity contribution in [1.82, 2.24) is 0 Å². The molecule has 0 aliphatic carbocycles. The molecule has 3 N–H and O–H groups in total. The van der Waals surface area contributed by atoms with Gasteiger partial charge in [0.05, 0.1) is 9.79 Å². The van der Waals surface area contributed by atoms with Crippen LogP contribution >= 0.6 is 0 Å². The zero-order chi connectivity index (χ0) is 16.5. The van der Waals surface area contributed by atoms with Crippen molar-refractivity contribution >= 4 is 25.7 Å². The molecule has 0 heterocycles. The van der Waals surface area contributed by atoms with E-state index in [0.717, 1.165) is 17.2 Å². The van der Waals surface area contributed by atoms with E-state index in [-0.39, 0.29) is 9.79 Å². The molecule has 8 heteroatoms. The van der Waals surface area contributed by atoms with Gasteiger partial charge in [0.2, 0.25) is 10.0 Å². The Balaban J connectivity index is 2.43. The van der Waals surface area contributed by atoms with Gasteiger partial charge >= 0.3 is 0 Å². The Labute approximate surface area is 130 Å². The molecule has 6 nitrogen and oxygen atoms in total. The molecule has 22 heavy (non-hydrogen) atoms. The highest BCUT2D eigenvalue weighted by Crippen LogP contribution is 2.20. The Kier molecular flexibility index (Phi) is 4.28. The molecule has 0 aliphatic rings. The Morgan fingerprint density at radius 3 is 1.95 bits per heavy atom. The van der Waals surface area contributed by atoms with Crippen molar-refractivity contribution in [1.29, 1.82) is 0 Å². The lowest BCUT2D eigenvalue weighted by molar-refractivity contribution is 0.597. The summed E-state index contributed by atoms with van der Waals surface area (Å²) in [6, 6.07) is 10.2. The van der Waals surface area contributed by atoms with Crippen LogP contribution in [0.3, 0.4) is 0 Å². The molecule has 0 fully saturated rings. The first-order valence-electron chi connectivity index (χ1n) is 6.32. The predicted molar refractivity (Wildman–Crippen MR) is 84.5 cm³/mol. The molecule has 0 bridgehead atoms. The number of primary sulfonamides is 1. The minimum atomic E-state index is -3.96. The Bertz CT molecular complexity index is 899. The summed E-state index contributed by atoms with van der Waals surface area (Å²) < 4.78 is 49.8. The predicted octanol–water partition coefficient (Wildman–Crippen LogP) is 1.75. The third-order valence-corrected chi connectivity index (χ3v) is 5.21. The molecule has 0 aliphatic heterocycles. The quantitative estimate of drug-likeness (QED) is 0.884. The Hall–Kier alpha value is -1.90. The lowest BCUT2D eigenvalue weighted by Gasteiger charge is -2.10. The first-order chi connectivity index (χ1) is 10.1. The van der Waals surface area contributed by atoms with Gasteiger partial charge in [-0.3, -0.25) is 4.72 Å². The first-order valence-corrected chi connectivity index (χ1v) is 9.35. The van der Waals surface area contributed by atoms with Crippen LogP contribution in [0.2, 0.25) is 0 Å². The number of hydrogen-bond donors (Lipinski definition) is 2. The van der Waals surface area contributed by atoms with Crippen molar-refractivity contribution in [2.24, 2.45) is 5.14 Å². The fourth-order valence-corrected chi connectivity index (χ4v) is 3.79. The second kappa shape index (κ2) is 5.71. The summed E-state index contributed by atoms with van der Waals surface area (Å²) in [6.45, 7) is 3.71. The molecule has 0 unspecified atom stereocenters. The molecule has 0 amide bonds. The van der Waals surface area contributed by atoms with Crippen LogP contribution in [0, 0.1) is 13.8 Å². The summed E-state index contributed by atoms with van der Waals surface area (Å²) in [4.78, 5) is -0.422. The van der Waals surface area contributed by atoms with Crippen LogP contribution in [0.15, 0.2) is 52.3 Å². The third kappa shape index (κ3) is 3.85. The molecule has 2 aromatic rings. The Morgan fingerprint density at radius 1 is 0.864 bits per heavy atom. The van der Waals surface area contributed by atoms with Gasteiger partial charge in [-0.05, 0) is 55.3 Å². The zero-order valence-electron chi connectivity index (χ0n) is 12.1. The Morgan fingerprint density at radius 2 is 1.41 bits per heavy atom. The first kappa shape index (κ1) is 16.5. The summed E-state index contributed by atoms with van der Waals surface area (Å²) in [6.07, 6.45) is 0. The molecule has 0 spiro atoms. The van der Waals surface area contributed by atoms with Crippen LogP contribution in [-0.4, -0.2) is 16.8 Å². The second-order valence-electron chi connectivity index (χ2n) is 5.00. The highest BCUT2D eigenvalue weighted by Gasteiger charge is 2.17. The SMILES string of the molecule is Cc1cc(C)cc(NS(=O)(=O)c2cccc(S(N)(=O)=O)c2)c1. The topological polar surface area (TPSA) is 106 Å². The number of aryl methyl sites for hydroxylation is 2. The van der Waals surface area contributed by atoms with Crippen LogP contribution in [0.1, 0.15) is 11.1 Å². The number of hydrogen-bond acceptors (Lipinski definition) is 4. The van der Waals surface area contributed by atoms with Crippen LogP contribution in [0.4, 0.5) is 5.69 Å². The monoisotopic (exact) mass is 340 g/mol. The number of sulfonamides is 2. The van der Waals surface area contributed by atoms with E-state index in [0.29, 0.717) is 5.69 Å². The summed E-state index contributed by atoms with van der Waals surface area (Å²) >= 11 is 0. The van der Waals surface area contributed by atoms with E-state index >= 15 is 0 Å². The zero-order valence-corrected chi connectivity index (χ0v) is 13.7. The van der Waals surface area contributed by atoms with Crippen LogP contribution in [0.5, 0.6) is 0 Å². The van der Waals surface area contributed by atoms with Crippen molar-refractivity contribution in [3.05, 3.63) is 53.6 Å². The summed E-state index contributed by atoms with van der Waals surface area (Å²) in [5.41, 5.74) is 2.24. The number of nitrogens with two attached hydrogens (primary N) is 1. The average molecular weight is 340 g/mol. The molecule has 0 radical (unpaired) electrons. The van der Waals surface area contributed by atoms with Crippen molar-refractivity contribution in [3.8, 4) is 0 Å². The number of anilines is 1. The van der Waals surface area contributed by atoms with E-state index in [1.807, 2.05) is 19.9 Å². The van der Waals surface area contributed by atoms with Gasteiger partial charge in [-0.15, -0.1) is 0 Å². The smallest absolute Gasteiger partial charge is 0.261 e. The highest BCUT2D eigenvalue weighted by molar-refractivity contribution is 7.93. The molecular weight excluding hydrogens is 324 g/mol. The molecule has 118 valence electrons. The van der Waals surface area contributed by atoms with E-state index < -0.39 is 20.0 Å². The summed E-state index contributed by atoms with van der Waals surface area (Å²) in [5, 5.41) is 5.02. The van der Waals surface area contributed by atoms with E-state index in [9.17, 15) is 16.8 Å². The van der Waals surface area contributed by atoms with Gasteiger partial charge in [0.15, 0.2) is 0 Å². The van der Waals surface area contributed by atoms with Gasteiger partial charge in [-0.25, -0.2) is 22.0 Å². The highest BCUT2D eigenvalue weighted by atomic mass is 32.2. The van der Waals surface area contributed by atoms with Crippen molar-refractivity contribution in [2.45, 2.75) is 23.6 Å². The van der Waals surface area contributed by atoms with Gasteiger partial charge < -0.3 is 0 Å². The maximum absolute atomic E-state index is 12.4. The maximum atomic E-state index is 12.4. The normalized spacial score (nSPS) is 12.1. The molecular formula is C14H16N2O4S2. The lowest BCUT2D eigenvalue weighted by atomic mass is 10.1. The maximum Gasteiger partial charge on any atom is 0.261 e. The van der Waals surface area contributed by atoms with Gasteiger partial charge in [-0.1, -0.05) is 12.1 Å². The van der Waals surface area contributed by atoms with E-state index in [1.54, 1.807) is 12.1 Å². The molecule has 0 saturated heterocycles. The lowest BCUT2D eigenvalue weighted by Crippen LogP contribution is -2.16. The van der Waals surface area contributed by atoms with Crippen LogP contribution < -0.4 is 9.86 Å². The van der Waals surface area contributed by atoms with Gasteiger partial charge in [0, 0.05) is 5.69 Å². The van der Waals surface area contributed by atoms with Crippen LogP contribution in [-0.2, 0) is 20.0 Å². The summed E-state index contributed by atoms with van der Waals surface area (Å²) in [7, 11) is -7.86. The van der Waals surface area contributed by atoms with Crippen molar-refractivity contribution in [2.75, 3.05) is 4.72 Å². The minimum absolute atomic E-state index is 0.168. The number of rotatable bonds is 4. The fraction of sp³-hybridized carbons (Fsp3) is 0.143. The van der Waals surface area contributed by atoms with E-state index in [1.165, 1.54) is 18.2 Å². The van der Waals surface area contributed by atoms with Gasteiger partial charge in [0.1, 0.15) is 0 Å². The van der Waals surface area contributed by atoms with Crippen molar-refractivity contribution < 1.29 is 16.8 Å². The number of benzene rings is 2. The third-order valence-electron chi connectivity index (χ3n) is 2.92. The van der Waals surface area contributed by atoms with Gasteiger partial charge in [-0.2, -0.15) is 0 Å². The molecule has 2 rings (SSSR count). The molecule has 0 atom stereocenters. The second-order valence-corrected chi connectivity index (χ2v) is 8.25. The molecule has 0 aromatic heterocycles.